The minimum absolute atomic E-state index is 0.000437. The highest BCUT2D eigenvalue weighted by atomic mass is 35.5. The lowest BCUT2D eigenvalue weighted by molar-refractivity contribution is -0.115. The molecule has 0 aliphatic carbocycles. The second-order valence-corrected chi connectivity index (χ2v) is 15.9. The third kappa shape index (κ3) is 5.31. The molecule has 4 fully saturated rings. The van der Waals surface area contributed by atoms with E-state index in [-0.39, 0.29) is 71.2 Å². The van der Waals surface area contributed by atoms with Gasteiger partial charge in [0.15, 0.2) is 5.82 Å². The van der Waals surface area contributed by atoms with Gasteiger partial charge in [-0.25, -0.2) is 41.6 Å². The van der Waals surface area contributed by atoms with E-state index in [0.29, 0.717) is 22.7 Å². The van der Waals surface area contributed by atoms with Crippen molar-refractivity contribution >= 4 is 56.0 Å². The van der Waals surface area contributed by atoms with Crippen LogP contribution in [0.15, 0.2) is 17.8 Å². The Balaban J connectivity index is 1.24. The number of rotatable bonds is 5. The zero-order valence-corrected chi connectivity index (χ0v) is 29.0. The van der Waals surface area contributed by atoms with Crippen molar-refractivity contribution < 1.29 is 36.2 Å². The van der Waals surface area contributed by atoms with Crippen LogP contribution in [-0.4, -0.2) is 97.5 Å². The molecule has 0 N–H and O–H groups in total. The van der Waals surface area contributed by atoms with Gasteiger partial charge in [0.05, 0.1) is 29.6 Å². The summed E-state index contributed by atoms with van der Waals surface area (Å²) in [5.74, 6) is -7.33. The maximum atomic E-state index is 16.8. The highest BCUT2D eigenvalue weighted by Crippen LogP contribution is 2.51. The summed E-state index contributed by atoms with van der Waals surface area (Å²) in [7, 11) is 0. The first kappa shape index (κ1) is 33.5. The number of amides is 1. The predicted octanol–water partition coefficient (Wildman–Crippen LogP) is 7.37. The van der Waals surface area contributed by atoms with Gasteiger partial charge < -0.3 is 14.4 Å². The first-order chi connectivity index (χ1) is 23.6. The van der Waals surface area contributed by atoms with Crippen molar-refractivity contribution in [1.29, 1.82) is 0 Å². The molecule has 50 heavy (non-hydrogen) atoms. The van der Waals surface area contributed by atoms with Gasteiger partial charge >= 0.3 is 12.1 Å². The average Bonchev–Trinajstić information content (AvgIpc) is 3.74. The summed E-state index contributed by atoms with van der Waals surface area (Å²) in [5.41, 5.74) is -2.34. The number of ether oxygens (including phenoxy) is 2. The lowest BCUT2D eigenvalue weighted by atomic mass is 9.95. The molecule has 0 spiro atoms. The molecule has 0 saturated carbocycles. The van der Waals surface area contributed by atoms with Gasteiger partial charge in [-0.2, -0.15) is 9.97 Å². The summed E-state index contributed by atoms with van der Waals surface area (Å²) >= 11 is 7.46. The molecular formula is C33H33ClF5N7O3S. The molecule has 2 unspecified atom stereocenters. The van der Waals surface area contributed by atoms with E-state index in [2.05, 4.69) is 19.9 Å². The summed E-state index contributed by atoms with van der Waals surface area (Å²) in [6, 6.07) is 0.681. The molecule has 3 aromatic heterocycles. The Morgan fingerprint density at radius 2 is 1.86 bits per heavy atom. The van der Waals surface area contributed by atoms with Gasteiger partial charge in [0, 0.05) is 42.1 Å². The monoisotopic (exact) mass is 737 g/mol. The number of fused-ring (bicyclic) bond motifs is 5. The molecule has 4 saturated heterocycles. The van der Waals surface area contributed by atoms with Gasteiger partial charge in [-0.05, 0) is 46.2 Å². The van der Waals surface area contributed by atoms with E-state index in [1.807, 2.05) is 4.90 Å². The number of piperazine rings is 1. The summed E-state index contributed by atoms with van der Waals surface area (Å²) in [6.07, 6.45) is 0.143. The van der Waals surface area contributed by atoms with Crippen molar-refractivity contribution in [2.45, 2.75) is 81.8 Å². The van der Waals surface area contributed by atoms with E-state index < -0.39 is 65.3 Å². The molecule has 4 aromatic rings. The van der Waals surface area contributed by atoms with E-state index in [1.54, 1.807) is 20.8 Å². The quantitative estimate of drug-likeness (QED) is 0.118. The van der Waals surface area contributed by atoms with Crippen LogP contribution in [0, 0.1) is 11.6 Å². The van der Waals surface area contributed by atoms with Crippen molar-refractivity contribution in [1.82, 2.24) is 29.7 Å². The normalized spacial score (nSPS) is 28.2. The van der Waals surface area contributed by atoms with Crippen LogP contribution in [0.25, 0.3) is 32.2 Å². The fraction of sp³-hybridized carbons (Fsp3) is 0.545. The van der Waals surface area contributed by atoms with Gasteiger partial charge in [-0.1, -0.05) is 11.6 Å². The number of hydrogen-bond donors (Lipinski definition) is 0. The van der Waals surface area contributed by atoms with Crippen molar-refractivity contribution in [3.05, 3.63) is 34.6 Å². The summed E-state index contributed by atoms with van der Waals surface area (Å²) < 4.78 is 92.3. The Morgan fingerprint density at radius 3 is 2.58 bits per heavy atom. The van der Waals surface area contributed by atoms with Crippen molar-refractivity contribution in [3.63, 3.8) is 0 Å². The number of nitrogens with zero attached hydrogens (tertiary/aromatic N) is 7. The van der Waals surface area contributed by atoms with Gasteiger partial charge in [-0.3, -0.25) is 4.90 Å². The SMILES string of the molecule is CC(C)(C)OC(=O)N1C2(F)CCC1(F)CN(c1nc(OC[C@@]34CCCN3C[C@H](F)C4)nc3c(F)c(-c4csc5ncnc(Cl)c45)c(F)cc13)C2. The number of alkyl halides is 3. The number of carbonyl (C=O) groups is 1. The molecule has 10 nitrogen and oxygen atoms in total. The number of thiophene rings is 1. The molecule has 266 valence electrons. The first-order valence-corrected chi connectivity index (χ1v) is 17.6. The highest BCUT2D eigenvalue weighted by molar-refractivity contribution is 7.17. The van der Waals surface area contributed by atoms with Gasteiger partial charge in [0.25, 0.3) is 0 Å². The first-order valence-electron chi connectivity index (χ1n) is 16.4. The summed E-state index contributed by atoms with van der Waals surface area (Å²) in [4.78, 5) is 34.2. The van der Waals surface area contributed by atoms with Crippen LogP contribution in [0.2, 0.25) is 5.15 Å². The van der Waals surface area contributed by atoms with Gasteiger partial charge in [0.2, 0.25) is 11.6 Å². The van der Waals surface area contributed by atoms with Crippen molar-refractivity contribution in [2.24, 2.45) is 0 Å². The fourth-order valence-corrected chi connectivity index (χ4v) is 9.26. The van der Waals surface area contributed by atoms with Crippen LogP contribution in [0.1, 0.15) is 52.9 Å². The van der Waals surface area contributed by atoms with Crippen LogP contribution in [0.5, 0.6) is 6.01 Å². The Labute approximate surface area is 292 Å². The highest BCUT2D eigenvalue weighted by Gasteiger charge is 2.65. The number of benzene rings is 1. The molecule has 4 aliphatic heterocycles. The second-order valence-electron chi connectivity index (χ2n) is 14.6. The number of anilines is 1. The smallest absolute Gasteiger partial charge is 0.415 e. The van der Waals surface area contributed by atoms with Gasteiger partial charge in [-0.15, -0.1) is 11.3 Å². The maximum Gasteiger partial charge on any atom is 0.415 e. The largest absolute Gasteiger partial charge is 0.461 e. The number of halogens is 6. The van der Waals surface area contributed by atoms with E-state index in [0.717, 1.165) is 23.8 Å². The predicted molar refractivity (Wildman–Crippen MR) is 177 cm³/mol. The van der Waals surface area contributed by atoms with Crippen LogP contribution in [-0.2, 0) is 4.74 Å². The van der Waals surface area contributed by atoms with E-state index in [9.17, 15) is 9.18 Å². The van der Waals surface area contributed by atoms with Crippen LogP contribution >= 0.6 is 22.9 Å². The Morgan fingerprint density at radius 1 is 1.12 bits per heavy atom. The number of carbonyl (C=O) groups excluding carboxylic acids is 1. The van der Waals surface area contributed by atoms with Crippen molar-refractivity contribution in [2.75, 3.05) is 37.7 Å². The molecule has 7 heterocycles. The topological polar surface area (TPSA) is 96.8 Å². The second kappa shape index (κ2) is 11.4. The summed E-state index contributed by atoms with van der Waals surface area (Å²) in [5, 5.41) is 1.59. The Hall–Kier alpha value is -3.63. The van der Waals surface area contributed by atoms with E-state index >= 15 is 17.6 Å². The minimum atomic E-state index is -2.53. The van der Waals surface area contributed by atoms with Crippen molar-refractivity contribution in [3.8, 4) is 17.1 Å². The minimum Gasteiger partial charge on any atom is -0.461 e. The zero-order chi connectivity index (χ0) is 35.4. The molecule has 4 atom stereocenters. The van der Waals surface area contributed by atoms with Gasteiger partial charge in [0.1, 0.15) is 51.8 Å². The fourth-order valence-electron chi connectivity index (χ4n) is 8.07. The standard InChI is InChI=1S/C33H33ClF5N7O3S/c1-30(2,3)49-29(47)46-32(38)6-7-33(46,39)14-44(13-32)26-18-9-20(36)21(19-12-50-27-22(19)25(34)40-16-41-27)23(37)24(18)42-28(43-26)48-15-31-5-4-8-45(31)11-17(35)10-31/h9,12,16-17H,4-8,10-11,13-15H2,1-3H3/t17-,31+,32?,33?/m1/s1. The molecule has 2 bridgehead atoms. The Bertz CT molecular complexity index is 2030. The summed E-state index contributed by atoms with van der Waals surface area (Å²) in [6.45, 7) is 4.59. The van der Waals surface area contributed by atoms with Crippen LogP contribution < -0.4 is 9.64 Å². The molecule has 17 heteroatoms. The molecule has 1 aromatic carbocycles. The molecule has 8 rings (SSSR count). The van der Waals surface area contributed by atoms with E-state index in [4.69, 9.17) is 21.1 Å². The van der Waals surface area contributed by atoms with Crippen LogP contribution in [0.3, 0.4) is 0 Å². The molecule has 0 radical (unpaired) electrons. The third-order valence-electron chi connectivity index (χ3n) is 10.1. The molecule has 4 aliphatic rings. The average molecular weight is 738 g/mol. The molecule has 1 amide bonds. The maximum absolute atomic E-state index is 16.8. The Kier molecular flexibility index (Phi) is 7.67. The van der Waals surface area contributed by atoms with Crippen LogP contribution in [0.4, 0.5) is 32.6 Å². The zero-order valence-electron chi connectivity index (χ0n) is 27.4. The number of hydrogen-bond acceptors (Lipinski definition) is 10. The lowest BCUT2D eigenvalue weighted by Gasteiger charge is -2.47. The third-order valence-corrected chi connectivity index (χ3v) is 11.3. The van der Waals surface area contributed by atoms with E-state index in [1.165, 1.54) is 16.6 Å². The number of aromatic nitrogens is 4. The lowest BCUT2D eigenvalue weighted by Crippen LogP contribution is -2.66. The molecular weight excluding hydrogens is 705 g/mol.